The van der Waals surface area contributed by atoms with Crippen molar-refractivity contribution in [3.8, 4) is 5.75 Å². The van der Waals surface area contributed by atoms with Gasteiger partial charge in [-0.3, -0.25) is 9.78 Å². The molecule has 2 aliphatic rings. The molecule has 0 spiro atoms. The van der Waals surface area contributed by atoms with Crippen LogP contribution in [0.4, 0.5) is 0 Å². The van der Waals surface area contributed by atoms with Crippen molar-refractivity contribution in [2.75, 3.05) is 14.2 Å². The van der Waals surface area contributed by atoms with E-state index in [0.717, 1.165) is 24.0 Å². The van der Waals surface area contributed by atoms with Crippen molar-refractivity contribution in [2.45, 2.75) is 41.5 Å². The highest BCUT2D eigenvalue weighted by Crippen LogP contribution is 2.54. The van der Waals surface area contributed by atoms with Gasteiger partial charge in [0.2, 0.25) is 5.91 Å². The predicted molar refractivity (Wildman–Crippen MR) is 121 cm³/mol. The number of amides is 1. The van der Waals surface area contributed by atoms with E-state index in [1.165, 1.54) is 6.07 Å². The number of sulfonamides is 1. The lowest BCUT2D eigenvalue weighted by atomic mass is 9.90. The van der Waals surface area contributed by atoms with E-state index in [4.69, 9.17) is 4.74 Å². The minimum Gasteiger partial charge on any atom is -0.496 e. The fourth-order valence-electron chi connectivity index (χ4n) is 4.52. The third-order valence-electron chi connectivity index (χ3n) is 6.80. The molecule has 2 N–H and O–H groups in total. The number of hydrogen-bond acceptors (Lipinski definition) is 6. The average molecular weight is 452 g/mol. The quantitative estimate of drug-likeness (QED) is 0.573. The van der Waals surface area contributed by atoms with Crippen LogP contribution in [0.2, 0.25) is 0 Å². The number of carbonyl (C=O) groups excluding carboxylic acids is 1. The Kier molecular flexibility index (Phi) is 4.76. The number of rotatable bonds is 7. The zero-order valence-electron chi connectivity index (χ0n) is 18.0. The summed E-state index contributed by atoms with van der Waals surface area (Å²) in [5, 5.41) is 3.84. The molecule has 1 aromatic heterocycles. The standard InChI is InChI=1S/C24H25N3O4S/c1-25-24(12-13-24)16-8-9-20(31-2)18(15-16)23(10-11-23)22(28)27-32(29,30)21-7-3-6-19-17(21)5-4-14-26-19/h3-9,14-15,25H,10-13H2,1-2H3,(H,27,28). The summed E-state index contributed by atoms with van der Waals surface area (Å²) < 4.78 is 34.3. The van der Waals surface area contributed by atoms with Crippen molar-refractivity contribution < 1.29 is 17.9 Å². The van der Waals surface area contributed by atoms with Gasteiger partial charge >= 0.3 is 0 Å². The monoisotopic (exact) mass is 451 g/mol. The lowest BCUT2D eigenvalue weighted by Gasteiger charge is -2.22. The molecule has 0 radical (unpaired) electrons. The molecule has 0 unspecified atom stereocenters. The Labute approximate surface area is 187 Å². The van der Waals surface area contributed by atoms with Gasteiger partial charge in [-0.15, -0.1) is 0 Å². The van der Waals surface area contributed by atoms with Crippen molar-refractivity contribution in [2.24, 2.45) is 0 Å². The second-order valence-corrected chi connectivity index (χ2v) is 10.2. The van der Waals surface area contributed by atoms with E-state index in [1.807, 2.05) is 25.2 Å². The molecule has 8 heteroatoms. The zero-order chi connectivity index (χ0) is 22.6. The molecule has 0 atom stereocenters. The largest absolute Gasteiger partial charge is 0.496 e. The molecule has 2 fully saturated rings. The first-order chi connectivity index (χ1) is 15.4. The summed E-state index contributed by atoms with van der Waals surface area (Å²) in [7, 11) is -0.581. The van der Waals surface area contributed by atoms with E-state index < -0.39 is 21.3 Å². The topological polar surface area (TPSA) is 97.4 Å². The molecule has 2 aliphatic carbocycles. The number of aromatic nitrogens is 1. The van der Waals surface area contributed by atoms with Crippen molar-refractivity contribution in [3.63, 3.8) is 0 Å². The van der Waals surface area contributed by atoms with E-state index in [0.29, 0.717) is 29.5 Å². The third-order valence-corrected chi connectivity index (χ3v) is 8.19. The van der Waals surface area contributed by atoms with Crippen LogP contribution in [0.3, 0.4) is 0 Å². The Morgan fingerprint density at radius 3 is 2.50 bits per heavy atom. The van der Waals surface area contributed by atoms with Crippen LogP contribution in [0, 0.1) is 0 Å². The number of pyridine rings is 1. The molecule has 1 heterocycles. The first-order valence-electron chi connectivity index (χ1n) is 10.6. The smallest absolute Gasteiger partial charge is 0.264 e. The number of benzene rings is 2. The average Bonchev–Trinajstić information content (AvgIpc) is 3.72. The van der Waals surface area contributed by atoms with Crippen molar-refractivity contribution in [1.82, 2.24) is 15.0 Å². The van der Waals surface area contributed by atoms with Gasteiger partial charge in [-0.05, 0) is 74.7 Å². The summed E-state index contributed by atoms with van der Waals surface area (Å²) in [6.07, 6.45) is 4.79. The number of hydrogen-bond donors (Lipinski definition) is 2. The second kappa shape index (κ2) is 7.28. The molecule has 2 saturated carbocycles. The third kappa shape index (κ3) is 3.25. The van der Waals surface area contributed by atoms with Crippen LogP contribution in [-0.4, -0.2) is 33.5 Å². The van der Waals surface area contributed by atoms with Gasteiger partial charge in [-0.2, -0.15) is 0 Å². The normalized spacial score (nSPS) is 18.2. The SMILES string of the molecule is CNC1(c2ccc(OC)c(C3(C(=O)NS(=O)(=O)c4cccc5ncccc45)CC3)c2)CC1. The van der Waals surface area contributed by atoms with Crippen LogP contribution in [0.1, 0.15) is 36.8 Å². The number of ether oxygens (including phenoxy) is 1. The predicted octanol–water partition coefficient (Wildman–Crippen LogP) is 2.99. The summed E-state index contributed by atoms with van der Waals surface area (Å²) in [4.78, 5) is 17.6. The second-order valence-electron chi connectivity index (χ2n) is 8.59. The van der Waals surface area contributed by atoms with Crippen LogP contribution in [0.25, 0.3) is 10.9 Å². The van der Waals surface area contributed by atoms with Gasteiger partial charge in [-0.1, -0.05) is 12.1 Å². The molecule has 7 nitrogen and oxygen atoms in total. The van der Waals surface area contributed by atoms with Gasteiger partial charge in [0.05, 0.1) is 22.9 Å². The molecular weight excluding hydrogens is 426 g/mol. The zero-order valence-corrected chi connectivity index (χ0v) is 18.8. The van der Waals surface area contributed by atoms with Gasteiger partial charge < -0.3 is 10.1 Å². The maximum absolute atomic E-state index is 13.4. The Bertz CT molecular complexity index is 1320. The van der Waals surface area contributed by atoms with E-state index >= 15 is 0 Å². The Morgan fingerprint density at radius 1 is 1.06 bits per heavy atom. The minimum atomic E-state index is -4.08. The van der Waals surface area contributed by atoms with Gasteiger partial charge in [-0.25, -0.2) is 13.1 Å². The summed E-state index contributed by atoms with van der Waals surface area (Å²) in [6, 6.07) is 14.1. The van der Waals surface area contributed by atoms with Gasteiger partial charge in [0.25, 0.3) is 10.0 Å². The van der Waals surface area contributed by atoms with Crippen molar-refractivity contribution in [3.05, 3.63) is 65.9 Å². The van der Waals surface area contributed by atoms with Crippen molar-refractivity contribution >= 4 is 26.8 Å². The number of nitrogens with zero attached hydrogens (tertiary/aromatic N) is 1. The molecule has 166 valence electrons. The van der Waals surface area contributed by atoms with E-state index in [2.05, 4.69) is 15.0 Å². The van der Waals surface area contributed by atoms with E-state index in [1.54, 1.807) is 37.6 Å². The molecular formula is C24H25N3O4S. The number of nitrogens with one attached hydrogen (secondary N) is 2. The Hall–Kier alpha value is -2.97. The lowest BCUT2D eigenvalue weighted by Crippen LogP contribution is -2.39. The maximum Gasteiger partial charge on any atom is 0.264 e. The summed E-state index contributed by atoms with van der Waals surface area (Å²) in [5.41, 5.74) is 1.40. The highest BCUT2D eigenvalue weighted by molar-refractivity contribution is 7.90. The molecule has 2 aromatic carbocycles. The summed E-state index contributed by atoms with van der Waals surface area (Å²) in [6.45, 7) is 0. The van der Waals surface area contributed by atoms with Crippen LogP contribution in [0.5, 0.6) is 5.75 Å². The van der Waals surface area contributed by atoms with Crippen LogP contribution < -0.4 is 14.8 Å². The number of carbonyl (C=O) groups is 1. The highest BCUT2D eigenvalue weighted by atomic mass is 32.2. The Balaban J connectivity index is 1.50. The first kappa shape index (κ1) is 20.9. The molecule has 0 saturated heterocycles. The van der Waals surface area contributed by atoms with E-state index in [-0.39, 0.29) is 10.4 Å². The molecule has 32 heavy (non-hydrogen) atoms. The van der Waals surface area contributed by atoms with Crippen molar-refractivity contribution in [1.29, 1.82) is 0 Å². The Morgan fingerprint density at radius 2 is 1.84 bits per heavy atom. The van der Waals surface area contributed by atoms with Crippen LogP contribution >= 0.6 is 0 Å². The van der Waals surface area contributed by atoms with Gasteiger partial charge in [0.1, 0.15) is 5.75 Å². The van der Waals surface area contributed by atoms with Gasteiger partial charge in [0, 0.05) is 22.7 Å². The first-order valence-corrected chi connectivity index (χ1v) is 12.1. The summed E-state index contributed by atoms with van der Waals surface area (Å²) >= 11 is 0. The van der Waals surface area contributed by atoms with Crippen LogP contribution in [-0.2, 0) is 25.8 Å². The minimum absolute atomic E-state index is 0.0417. The number of methoxy groups -OCH3 is 1. The highest BCUT2D eigenvalue weighted by Gasteiger charge is 2.55. The fraction of sp³-hybridized carbons (Fsp3) is 0.333. The number of fused-ring (bicyclic) bond motifs is 1. The lowest BCUT2D eigenvalue weighted by molar-refractivity contribution is -0.121. The molecule has 3 aromatic rings. The maximum atomic E-state index is 13.4. The fourth-order valence-corrected chi connectivity index (χ4v) is 5.78. The van der Waals surface area contributed by atoms with Crippen LogP contribution in [0.15, 0.2) is 59.6 Å². The van der Waals surface area contributed by atoms with E-state index in [9.17, 15) is 13.2 Å². The molecule has 5 rings (SSSR count). The molecule has 1 amide bonds. The summed E-state index contributed by atoms with van der Waals surface area (Å²) in [5.74, 6) is 0.0724. The molecule has 0 bridgehead atoms. The van der Waals surface area contributed by atoms with Gasteiger partial charge in [0.15, 0.2) is 0 Å². The molecule has 0 aliphatic heterocycles.